The van der Waals surface area contributed by atoms with E-state index in [9.17, 15) is 4.79 Å². The van der Waals surface area contributed by atoms with Crippen LogP contribution in [0.15, 0.2) is 23.1 Å². The summed E-state index contributed by atoms with van der Waals surface area (Å²) in [5.74, 6) is -0.219. The van der Waals surface area contributed by atoms with E-state index in [1.54, 1.807) is 25.3 Å². The monoisotopic (exact) mass is 226 g/mol. The van der Waals surface area contributed by atoms with Crippen LogP contribution < -0.4 is 4.74 Å². The van der Waals surface area contributed by atoms with Crippen LogP contribution in [0, 0.1) is 0 Å². The van der Waals surface area contributed by atoms with Crippen LogP contribution in [0.2, 0.25) is 0 Å². The maximum Gasteiger partial charge on any atom is 0.336 e. The van der Waals surface area contributed by atoms with E-state index < -0.39 is 5.97 Å². The molecule has 0 saturated heterocycles. The van der Waals surface area contributed by atoms with E-state index in [1.807, 2.05) is 13.8 Å². The highest BCUT2D eigenvalue weighted by Gasteiger charge is 2.12. The molecule has 0 aromatic heterocycles. The molecule has 3 nitrogen and oxygen atoms in total. The van der Waals surface area contributed by atoms with Crippen LogP contribution in [0.5, 0.6) is 5.75 Å². The van der Waals surface area contributed by atoms with Crippen LogP contribution in [0.3, 0.4) is 0 Å². The molecule has 0 unspecified atom stereocenters. The maximum absolute atomic E-state index is 10.9. The molecule has 0 radical (unpaired) electrons. The van der Waals surface area contributed by atoms with Gasteiger partial charge in [-0.1, -0.05) is 13.8 Å². The molecule has 0 aliphatic carbocycles. The third kappa shape index (κ3) is 3.16. The zero-order chi connectivity index (χ0) is 11.4. The summed E-state index contributed by atoms with van der Waals surface area (Å²) < 4.78 is 5.06. The number of thioether (sulfide) groups is 1. The molecule has 0 spiro atoms. The van der Waals surface area contributed by atoms with Crippen LogP contribution in [0.25, 0.3) is 0 Å². The van der Waals surface area contributed by atoms with Crippen molar-refractivity contribution in [3.63, 3.8) is 0 Å². The average molecular weight is 226 g/mol. The first kappa shape index (κ1) is 11.9. The van der Waals surface area contributed by atoms with Crippen LogP contribution in [0.1, 0.15) is 24.2 Å². The molecule has 1 aromatic carbocycles. The molecular weight excluding hydrogens is 212 g/mol. The molecule has 0 aliphatic heterocycles. The smallest absolute Gasteiger partial charge is 0.336 e. The fourth-order valence-corrected chi connectivity index (χ4v) is 2.13. The predicted molar refractivity (Wildman–Crippen MR) is 60.9 cm³/mol. The third-order valence-electron chi connectivity index (χ3n) is 1.78. The Morgan fingerprint density at radius 2 is 2.13 bits per heavy atom. The van der Waals surface area contributed by atoms with Gasteiger partial charge in [-0.05, 0) is 18.2 Å². The van der Waals surface area contributed by atoms with Crippen molar-refractivity contribution < 1.29 is 14.6 Å². The largest absolute Gasteiger partial charge is 0.497 e. The number of aromatic carboxylic acids is 1. The van der Waals surface area contributed by atoms with E-state index >= 15 is 0 Å². The maximum atomic E-state index is 10.9. The molecule has 0 aliphatic rings. The number of hydrogen-bond acceptors (Lipinski definition) is 3. The molecule has 4 heteroatoms. The molecule has 82 valence electrons. The van der Waals surface area contributed by atoms with Crippen molar-refractivity contribution in [3.8, 4) is 5.75 Å². The molecule has 15 heavy (non-hydrogen) atoms. The summed E-state index contributed by atoms with van der Waals surface area (Å²) in [6, 6.07) is 4.99. The minimum atomic E-state index is -0.902. The fourth-order valence-electron chi connectivity index (χ4n) is 1.16. The van der Waals surface area contributed by atoms with Crippen molar-refractivity contribution in [1.82, 2.24) is 0 Å². The molecule has 0 amide bonds. The van der Waals surface area contributed by atoms with Gasteiger partial charge in [-0.3, -0.25) is 0 Å². The van der Waals surface area contributed by atoms with Gasteiger partial charge >= 0.3 is 5.97 Å². The molecule has 1 N–H and O–H groups in total. The second-order valence-corrected chi connectivity index (χ2v) is 4.95. The number of carboxylic acid groups (broad SMARTS) is 1. The lowest BCUT2D eigenvalue weighted by Crippen LogP contribution is -2.00. The van der Waals surface area contributed by atoms with Gasteiger partial charge in [-0.2, -0.15) is 0 Å². The van der Waals surface area contributed by atoms with E-state index in [0.29, 0.717) is 16.6 Å². The number of hydrogen-bond donors (Lipinski definition) is 1. The first-order valence-electron chi connectivity index (χ1n) is 4.62. The predicted octanol–water partition coefficient (Wildman–Crippen LogP) is 2.89. The molecule has 1 rings (SSSR count). The van der Waals surface area contributed by atoms with Crippen molar-refractivity contribution in [2.75, 3.05) is 7.11 Å². The van der Waals surface area contributed by atoms with Crippen molar-refractivity contribution in [3.05, 3.63) is 23.8 Å². The van der Waals surface area contributed by atoms with Gasteiger partial charge < -0.3 is 9.84 Å². The second-order valence-electron chi connectivity index (χ2n) is 3.33. The molecule has 0 bridgehead atoms. The number of benzene rings is 1. The Balaban J connectivity index is 3.10. The topological polar surface area (TPSA) is 46.5 Å². The highest BCUT2D eigenvalue weighted by Crippen LogP contribution is 2.30. The standard InChI is InChI=1S/C11H14O3S/c1-7(2)15-10-6-8(14-3)4-5-9(10)11(12)13/h4-7H,1-3H3,(H,12,13). The first-order valence-corrected chi connectivity index (χ1v) is 5.50. The van der Waals surface area contributed by atoms with Gasteiger partial charge in [0.25, 0.3) is 0 Å². The lowest BCUT2D eigenvalue weighted by molar-refractivity contribution is 0.0693. The van der Waals surface area contributed by atoms with Gasteiger partial charge in [0.2, 0.25) is 0 Å². The third-order valence-corrected chi connectivity index (χ3v) is 2.84. The first-order chi connectivity index (χ1) is 7.04. The van der Waals surface area contributed by atoms with Crippen molar-refractivity contribution in [2.24, 2.45) is 0 Å². The van der Waals surface area contributed by atoms with Gasteiger partial charge in [0, 0.05) is 10.1 Å². The summed E-state index contributed by atoms with van der Waals surface area (Å²) in [6.07, 6.45) is 0. The van der Waals surface area contributed by atoms with Gasteiger partial charge in [0.15, 0.2) is 0 Å². The number of rotatable bonds is 4. The number of carboxylic acids is 1. The summed E-state index contributed by atoms with van der Waals surface area (Å²) in [4.78, 5) is 11.7. The van der Waals surface area contributed by atoms with E-state index in [-0.39, 0.29) is 0 Å². The highest BCUT2D eigenvalue weighted by atomic mass is 32.2. The lowest BCUT2D eigenvalue weighted by atomic mass is 10.2. The summed E-state index contributed by atoms with van der Waals surface area (Å²) >= 11 is 1.52. The fraction of sp³-hybridized carbons (Fsp3) is 0.364. The molecule has 1 aromatic rings. The van der Waals surface area contributed by atoms with Crippen LogP contribution in [-0.4, -0.2) is 23.4 Å². The summed E-state index contributed by atoms with van der Waals surface area (Å²) in [5, 5.41) is 9.33. The SMILES string of the molecule is COc1ccc(C(=O)O)c(SC(C)C)c1. The Bertz CT molecular complexity index is 361. The van der Waals surface area contributed by atoms with Crippen LogP contribution in [0.4, 0.5) is 0 Å². The van der Waals surface area contributed by atoms with E-state index in [1.165, 1.54) is 11.8 Å². The van der Waals surface area contributed by atoms with Gasteiger partial charge in [-0.25, -0.2) is 4.79 Å². The van der Waals surface area contributed by atoms with Crippen LogP contribution in [-0.2, 0) is 0 Å². The normalized spacial score (nSPS) is 10.4. The Morgan fingerprint density at radius 1 is 1.47 bits per heavy atom. The zero-order valence-electron chi connectivity index (χ0n) is 8.98. The Morgan fingerprint density at radius 3 is 2.60 bits per heavy atom. The molecule has 0 fully saturated rings. The Kier molecular flexibility index (Phi) is 4.03. The number of methoxy groups -OCH3 is 1. The number of ether oxygens (including phenoxy) is 1. The van der Waals surface area contributed by atoms with Crippen LogP contribution >= 0.6 is 11.8 Å². The highest BCUT2D eigenvalue weighted by molar-refractivity contribution is 8.00. The summed E-state index contributed by atoms with van der Waals surface area (Å²) in [6.45, 7) is 4.05. The van der Waals surface area contributed by atoms with Crippen molar-refractivity contribution >= 4 is 17.7 Å². The zero-order valence-corrected chi connectivity index (χ0v) is 9.80. The molecule has 0 atom stereocenters. The summed E-state index contributed by atoms with van der Waals surface area (Å²) in [5.41, 5.74) is 0.328. The second kappa shape index (κ2) is 5.07. The summed E-state index contributed by atoms with van der Waals surface area (Å²) in [7, 11) is 1.57. The van der Waals surface area contributed by atoms with Gasteiger partial charge in [-0.15, -0.1) is 11.8 Å². The van der Waals surface area contributed by atoms with Crippen molar-refractivity contribution in [2.45, 2.75) is 24.0 Å². The Labute approximate surface area is 93.4 Å². The molecule has 0 heterocycles. The van der Waals surface area contributed by atoms with Gasteiger partial charge in [0.1, 0.15) is 5.75 Å². The molecular formula is C11H14O3S. The van der Waals surface area contributed by atoms with E-state index in [0.717, 1.165) is 4.90 Å². The quantitative estimate of drug-likeness (QED) is 0.802. The number of carbonyl (C=O) groups is 1. The van der Waals surface area contributed by atoms with Crippen molar-refractivity contribution in [1.29, 1.82) is 0 Å². The average Bonchev–Trinajstić information content (AvgIpc) is 2.16. The van der Waals surface area contributed by atoms with E-state index in [2.05, 4.69) is 0 Å². The minimum absolute atomic E-state index is 0.328. The minimum Gasteiger partial charge on any atom is -0.497 e. The van der Waals surface area contributed by atoms with E-state index in [4.69, 9.17) is 9.84 Å². The lowest BCUT2D eigenvalue weighted by Gasteiger charge is -2.10. The molecule has 0 saturated carbocycles. The Hall–Kier alpha value is -1.16. The van der Waals surface area contributed by atoms with Gasteiger partial charge in [0.05, 0.1) is 12.7 Å².